The summed E-state index contributed by atoms with van der Waals surface area (Å²) in [5.41, 5.74) is -2.38. The minimum Gasteiger partial charge on any atom is -0.479 e. The maximum atomic E-state index is 14.1. The highest BCUT2D eigenvalue weighted by molar-refractivity contribution is 5.95. The Morgan fingerprint density at radius 2 is 1.80 bits per heavy atom. The molecule has 0 saturated heterocycles. The lowest BCUT2D eigenvalue weighted by Gasteiger charge is -2.36. The number of nitrogens with one attached hydrogen (secondary N) is 3. The highest BCUT2D eigenvalue weighted by Crippen LogP contribution is 2.40. The van der Waals surface area contributed by atoms with Gasteiger partial charge in [-0.3, -0.25) is 9.59 Å². The minimum atomic E-state index is -4.62. The second-order valence-electron chi connectivity index (χ2n) is 10.2. The number of alkyl halides is 3. The highest BCUT2D eigenvalue weighted by atomic mass is 19.4. The molecule has 0 aliphatic heterocycles. The fraction of sp³-hybridized carbons (Fsp3) is 0.393. The second kappa shape index (κ2) is 10.9. The van der Waals surface area contributed by atoms with Gasteiger partial charge in [0.2, 0.25) is 5.91 Å². The summed E-state index contributed by atoms with van der Waals surface area (Å²) in [6, 6.07) is 7.48. The summed E-state index contributed by atoms with van der Waals surface area (Å²) in [5, 5.41) is 25.8. The van der Waals surface area contributed by atoms with Gasteiger partial charge in [-0.05, 0) is 36.5 Å². The molecule has 0 radical (unpaired) electrons. The Bertz CT molecular complexity index is 1450. The molecule has 214 valence electrons. The van der Waals surface area contributed by atoms with Gasteiger partial charge in [-0.25, -0.2) is 9.18 Å². The summed E-state index contributed by atoms with van der Waals surface area (Å²) >= 11 is 0. The molecular formula is C28H29F4N3O5. The SMILES string of the molecule is CCC(C)C(NC(=O)C(O)c1ccccc1F)C(=O)NC1(C(=O)O)CCc2[nH]c3c(C(F)(F)F)cccc3c2C1. The Morgan fingerprint density at radius 3 is 2.42 bits per heavy atom. The van der Waals surface area contributed by atoms with E-state index >= 15 is 0 Å². The van der Waals surface area contributed by atoms with Gasteiger partial charge in [-0.15, -0.1) is 0 Å². The van der Waals surface area contributed by atoms with Crippen LogP contribution in [0.1, 0.15) is 55.2 Å². The van der Waals surface area contributed by atoms with E-state index in [1.54, 1.807) is 13.8 Å². The van der Waals surface area contributed by atoms with Crippen molar-refractivity contribution in [2.45, 2.75) is 63.4 Å². The number of benzene rings is 2. The molecule has 4 unspecified atom stereocenters. The average molecular weight is 564 g/mol. The van der Waals surface area contributed by atoms with Crippen LogP contribution in [0.5, 0.6) is 0 Å². The first kappa shape index (κ1) is 29.1. The highest BCUT2D eigenvalue weighted by Gasteiger charge is 2.46. The maximum absolute atomic E-state index is 14.1. The number of carboxylic acids is 1. The molecular weight excluding hydrogens is 534 g/mol. The Kier molecular flexibility index (Phi) is 7.93. The molecule has 2 aromatic carbocycles. The number of amides is 2. The average Bonchev–Trinajstić information content (AvgIpc) is 3.28. The standard InChI is InChI=1S/C28H29F4N3O5/c1-3-14(2)21(34-25(38)23(36)16-7-4-5-10-19(16)29)24(37)35-27(26(39)40)12-11-20-17(13-27)15-8-6-9-18(22(15)33-20)28(30,31)32/h4-10,14,21,23,33,36H,3,11-13H2,1-2H3,(H,34,38)(H,35,37)(H,39,40). The van der Waals surface area contributed by atoms with Gasteiger partial charge in [0, 0.05) is 23.1 Å². The van der Waals surface area contributed by atoms with Crippen LogP contribution in [0.15, 0.2) is 42.5 Å². The number of hydrogen-bond donors (Lipinski definition) is 5. The third-order valence-electron chi connectivity index (χ3n) is 7.63. The number of halogens is 4. The molecule has 0 spiro atoms. The Hall–Kier alpha value is -3.93. The summed E-state index contributed by atoms with van der Waals surface area (Å²) in [5.74, 6) is -4.59. The van der Waals surface area contributed by atoms with Gasteiger partial charge in [0.05, 0.1) is 11.1 Å². The monoisotopic (exact) mass is 563 g/mol. The molecule has 1 aromatic heterocycles. The van der Waals surface area contributed by atoms with E-state index in [2.05, 4.69) is 15.6 Å². The third kappa shape index (κ3) is 5.40. The second-order valence-corrected chi connectivity index (χ2v) is 10.2. The third-order valence-corrected chi connectivity index (χ3v) is 7.63. The fourth-order valence-electron chi connectivity index (χ4n) is 5.14. The van der Waals surface area contributed by atoms with Crippen LogP contribution in [0.3, 0.4) is 0 Å². The number of aromatic nitrogens is 1. The minimum absolute atomic E-state index is 0.0558. The zero-order chi connectivity index (χ0) is 29.4. The number of rotatable bonds is 8. The van der Waals surface area contributed by atoms with Gasteiger partial charge in [-0.2, -0.15) is 13.2 Å². The normalized spacial score (nSPS) is 19.4. The van der Waals surface area contributed by atoms with Crippen molar-refractivity contribution in [1.82, 2.24) is 15.6 Å². The molecule has 40 heavy (non-hydrogen) atoms. The molecule has 4 rings (SSSR count). The number of aliphatic hydroxyl groups excluding tert-OH is 1. The van der Waals surface area contributed by atoms with Crippen molar-refractivity contribution in [3.8, 4) is 0 Å². The van der Waals surface area contributed by atoms with E-state index < -0.39 is 58.9 Å². The molecule has 1 aliphatic carbocycles. The smallest absolute Gasteiger partial charge is 0.418 e. The number of fused-ring (bicyclic) bond motifs is 3. The molecule has 4 atom stereocenters. The van der Waals surface area contributed by atoms with Crippen LogP contribution in [0.4, 0.5) is 17.6 Å². The first-order valence-corrected chi connectivity index (χ1v) is 12.8. The molecule has 2 amide bonds. The van der Waals surface area contributed by atoms with Crippen molar-refractivity contribution in [2.24, 2.45) is 5.92 Å². The summed E-state index contributed by atoms with van der Waals surface area (Å²) in [7, 11) is 0. The van der Waals surface area contributed by atoms with E-state index in [4.69, 9.17) is 0 Å². The Morgan fingerprint density at radius 1 is 1.10 bits per heavy atom. The van der Waals surface area contributed by atoms with Gasteiger partial charge < -0.3 is 25.8 Å². The largest absolute Gasteiger partial charge is 0.479 e. The number of aliphatic hydroxyl groups is 1. The number of carbonyl (C=O) groups excluding carboxylic acids is 2. The van der Waals surface area contributed by atoms with Crippen LogP contribution < -0.4 is 10.6 Å². The topological polar surface area (TPSA) is 132 Å². The summed E-state index contributed by atoms with van der Waals surface area (Å²) < 4.78 is 54.9. The Labute approximate surface area is 226 Å². The number of H-pyrrole nitrogens is 1. The van der Waals surface area contributed by atoms with Crippen LogP contribution in [0.2, 0.25) is 0 Å². The lowest BCUT2D eigenvalue weighted by Crippen LogP contribution is -2.62. The predicted molar refractivity (Wildman–Crippen MR) is 137 cm³/mol. The zero-order valence-corrected chi connectivity index (χ0v) is 21.7. The first-order valence-electron chi connectivity index (χ1n) is 12.8. The van der Waals surface area contributed by atoms with E-state index in [9.17, 15) is 42.2 Å². The quantitative estimate of drug-likeness (QED) is 0.264. The van der Waals surface area contributed by atoms with Crippen LogP contribution >= 0.6 is 0 Å². The lowest BCUT2D eigenvalue weighted by atomic mass is 9.79. The number of aromatic amines is 1. The molecule has 5 N–H and O–H groups in total. The molecule has 0 fully saturated rings. The van der Waals surface area contributed by atoms with Crippen molar-refractivity contribution in [3.05, 3.63) is 70.7 Å². The summed E-state index contributed by atoms with van der Waals surface area (Å²) in [6.45, 7) is 3.39. The molecule has 12 heteroatoms. The number of carboxylic acid groups (broad SMARTS) is 1. The number of aliphatic carboxylic acids is 1. The number of para-hydroxylation sites is 1. The van der Waals surface area contributed by atoms with Crippen molar-refractivity contribution >= 4 is 28.7 Å². The van der Waals surface area contributed by atoms with Crippen LogP contribution in [0, 0.1) is 11.7 Å². The van der Waals surface area contributed by atoms with Gasteiger partial charge in [-0.1, -0.05) is 50.6 Å². The fourth-order valence-corrected chi connectivity index (χ4v) is 5.14. The number of aryl methyl sites for hydroxylation is 1. The Balaban J connectivity index is 1.62. The first-order chi connectivity index (χ1) is 18.8. The van der Waals surface area contributed by atoms with Crippen LogP contribution in [0.25, 0.3) is 10.9 Å². The molecule has 1 heterocycles. The van der Waals surface area contributed by atoms with Crippen molar-refractivity contribution in [3.63, 3.8) is 0 Å². The van der Waals surface area contributed by atoms with Crippen LogP contribution in [-0.2, 0) is 33.4 Å². The van der Waals surface area contributed by atoms with E-state index in [0.717, 1.165) is 12.1 Å². The summed E-state index contributed by atoms with van der Waals surface area (Å²) in [4.78, 5) is 41.6. The molecule has 0 saturated carbocycles. The maximum Gasteiger partial charge on any atom is 0.418 e. The zero-order valence-electron chi connectivity index (χ0n) is 21.7. The van der Waals surface area contributed by atoms with Crippen molar-refractivity contribution in [1.29, 1.82) is 0 Å². The number of hydrogen-bond acceptors (Lipinski definition) is 4. The van der Waals surface area contributed by atoms with Crippen molar-refractivity contribution < 1.29 is 42.2 Å². The number of carbonyl (C=O) groups is 3. The lowest BCUT2D eigenvalue weighted by molar-refractivity contribution is -0.149. The molecule has 8 nitrogen and oxygen atoms in total. The van der Waals surface area contributed by atoms with E-state index in [-0.39, 0.29) is 35.7 Å². The van der Waals surface area contributed by atoms with Gasteiger partial charge >= 0.3 is 12.1 Å². The van der Waals surface area contributed by atoms with Crippen molar-refractivity contribution in [2.75, 3.05) is 0 Å². The molecule has 1 aliphatic rings. The predicted octanol–water partition coefficient (Wildman–Crippen LogP) is 4.02. The van der Waals surface area contributed by atoms with E-state index in [1.807, 2.05) is 0 Å². The summed E-state index contributed by atoms with van der Waals surface area (Å²) in [6.07, 6.45) is -6.50. The molecule has 0 bridgehead atoms. The van der Waals surface area contributed by atoms with Gasteiger partial charge in [0.15, 0.2) is 6.10 Å². The van der Waals surface area contributed by atoms with Gasteiger partial charge in [0.1, 0.15) is 17.4 Å². The van der Waals surface area contributed by atoms with Crippen LogP contribution in [-0.4, -0.2) is 44.6 Å². The van der Waals surface area contributed by atoms with E-state index in [1.165, 1.54) is 30.3 Å². The van der Waals surface area contributed by atoms with E-state index in [0.29, 0.717) is 17.7 Å². The van der Waals surface area contributed by atoms with Gasteiger partial charge in [0.25, 0.3) is 5.91 Å². The molecule has 3 aromatic rings.